The highest BCUT2D eigenvalue weighted by Gasteiger charge is 2.69. The molecule has 5 nitrogen and oxygen atoms in total. The predicted molar refractivity (Wildman–Crippen MR) is 84.0 cm³/mol. The molecule has 2 N–H and O–H groups in total. The van der Waals surface area contributed by atoms with Crippen LogP contribution in [0, 0.1) is 18.8 Å². The second-order valence-corrected chi connectivity index (χ2v) is 6.72. The average Bonchev–Trinajstić information content (AvgIpc) is 2.85. The minimum atomic E-state index is -5.07. The molecule has 3 rings (SSSR count). The molecule has 0 aromatic heterocycles. The SMILES string of the molecule is Cc1cccc(C(=O)N2N=C3[C@H](C)CCC[C@H]3[C@@]2(O)C(F)(F)F)c1O. The molecule has 2 aliphatic rings. The molecule has 0 bridgehead atoms. The Hall–Kier alpha value is -2.09. The smallest absolute Gasteiger partial charge is 0.439 e. The number of fused-ring (bicyclic) bond motifs is 1. The van der Waals surface area contributed by atoms with Crippen LogP contribution in [0.25, 0.3) is 0 Å². The van der Waals surface area contributed by atoms with Gasteiger partial charge in [-0.3, -0.25) is 4.79 Å². The Morgan fingerprint density at radius 1 is 1.36 bits per heavy atom. The predicted octanol–water partition coefficient (Wildman–Crippen LogP) is 3.20. The van der Waals surface area contributed by atoms with Crippen LogP contribution >= 0.6 is 0 Å². The van der Waals surface area contributed by atoms with Crippen molar-refractivity contribution in [2.24, 2.45) is 16.9 Å². The maximum Gasteiger partial charge on any atom is 0.439 e. The number of hydrogen-bond donors (Lipinski definition) is 2. The quantitative estimate of drug-likeness (QED) is 0.812. The van der Waals surface area contributed by atoms with Gasteiger partial charge in [0.25, 0.3) is 11.6 Å². The van der Waals surface area contributed by atoms with Gasteiger partial charge in [-0.25, -0.2) is 0 Å². The van der Waals surface area contributed by atoms with Crippen LogP contribution in [0.3, 0.4) is 0 Å². The highest BCUT2D eigenvalue weighted by molar-refractivity contribution is 6.01. The van der Waals surface area contributed by atoms with Crippen molar-refractivity contribution in [3.8, 4) is 5.75 Å². The van der Waals surface area contributed by atoms with E-state index in [2.05, 4.69) is 5.10 Å². The number of amides is 1. The number of benzene rings is 1. The molecule has 0 saturated heterocycles. The molecule has 1 aliphatic heterocycles. The van der Waals surface area contributed by atoms with E-state index in [4.69, 9.17) is 0 Å². The maximum atomic E-state index is 13.8. The molecular formula is C17H19F3N2O3. The van der Waals surface area contributed by atoms with Gasteiger partial charge in [0, 0.05) is 5.71 Å². The number of hydrazone groups is 1. The minimum Gasteiger partial charge on any atom is -0.507 e. The third-order valence-corrected chi connectivity index (χ3v) is 5.09. The summed E-state index contributed by atoms with van der Waals surface area (Å²) in [5, 5.41) is 24.6. The van der Waals surface area contributed by atoms with E-state index in [-0.39, 0.29) is 28.6 Å². The largest absolute Gasteiger partial charge is 0.507 e. The molecule has 1 amide bonds. The van der Waals surface area contributed by atoms with Gasteiger partial charge < -0.3 is 10.2 Å². The minimum absolute atomic E-state index is 0.1000. The van der Waals surface area contributed by atoms with E-state index < -0.39 is 29.5 Å². The van der Waals surface area contributed by atoms with E-state index in [0.29, 0.717) is 18.4 Å². The summed E-state index contributed by atoms with van der Waals surface area (Å²) < 4.78 is 41.3. The van der Waals surface area contributed by atoms with Gasteiger partial charge in [0.1, 0.15) is 5.75 Å². The summed E-state index contributed by atoms with van der Waals surface area (Å²) in [6, 6.07) is 4.20. The van der Waals surface area contributed by atoms with Gasteiger partial charge >= 0.3 is 6.18 Å². The Labute approximate surface area is 142 Å². The number of nitrogens with zero attached hydrogens (tertiary/aromatic N) is 2. The number of aliphatic hydroxyl groups is 1. The molecule has 136 valence electrons. The van der Waals surface area contributed by atoms with Gasteiger partial charge in [0.05, 0.1) is 11.5 Å². The van der Waals surface area contributed by atoms with E-state index in [1.54, 1.807) is 6.92 Å². The highest BCUT2D eigenvalue weighted by atomic mass is 19.4. The second kappa shape index (κ2) is 5.72. The van der Waals surface area contributed by atoms with Crippen LogP contribution in [-0.4, -0.2) is 38.7 Å². The van der Waals surface area contributed by atoms with Crippen LogP contribution in [0.4, 0.5) is 13.2 Å². The van der Waals surface area contributed by atoms with Gasteiger partial charge in [0.15, 0.2) is 0 Å². The van der Waals surface area contributed by atoms with Crippen molar-refractivity contribution in [1.82, 2.24) is 5.01 Å². The summed E-state index contributed by atoms with van der Waals surface area (Å²) in [5.74, 6) is -3.13. The molecule has 25 heavy (non-hydrogen) atoms. The number of aryl methyl sites for hydroxylation is 1. The van der Waals surface area contributed by atoms with Crippen molar-refractivity contribution >= 4 is 11.6 Å². The van der Waals surface area contributed by atoms with E-state index >= 15 is 0 Å². The first-order valence-electron chi connectivity index (χ1n) is 8.09. The van der Waals surface area contributed by atoms with Gasteiger partial charge in [-0.05, 0) is 37.3 Å². The lowest BCUT2D eigenvalue weighted by atomic mass is 9.75. The fraction of sp³-hybridized carbons (Fsp3) is 0.529. The molecule has 0 spiro atoms. The number of carbonyl (C=O) groups is 1. The van der Waals surface area contributed by atoms with Crippen LogP contribution in [0.1, 0.15) is 42.1 Å². The number of aromatic hydroxyl groups is 1. The fourth-order valence-electron chi connectivity index (χ4n) is 3.65. The zero-order chi connectivity index (χ0) is 18.6. The standard InChI is InChI=1S/C17H19F3N2O3/c1-9-5-4-8-12-13(9)21-22(16(12,25)17(18,19)20)15(24)11-7-3-6-10(2)14(11)23/h3,6-7,9,12,23,25H,4-5,8H2,1-2H3/t9-,12-,16-/m1/s1. The molecule has 1 aromatic rings. The molecule has 0 radical (unpaired) electrons. The summed E-state index contributed by atoms with van der Waals surface area (Å²) in [7, 11) is 0. The van der Waals surface area contributed by atoms with Gasteiger partial charge in [-0.2, -0.15) is 23.3 Å². The lowest BCUT2D eigenvalue weighted by Gasteiger charge is -2.39. The number of phenols is 1. The molecule has 3 atom stereocenters. The number of hydrogen-bond acceptors (Lipinski definition) is 4. The second-order valence-electron chi connectivity index (χ2n) is 6.72. The van der Waals surface area contributed by atoms with Crippen LogP contribution in [-0.2, 0) is 0 Å². The van der Waals surface area contributed by atoms with E-state index in [0.717, 1.165) is 0 Å². The summed E-state index contributed by atoms with van der Waals surface area (Å²) in [5.41, 5.74) is -3.19. The lowest BCUT2D eigenvalue weighted by molar-refractivity contribution is -0.312. The number of carbonyl (C=O) groups excluding carboxylic acids is 1. The summed E-state index contributed by atoms with van der Waals surface area (Å²) in [6.07, 6.45) is -3.81. The Balaban J connectivity index is 2.12. The molecule has 1 saturated carbocycles. The Bertz CT molecular complexity index is 747. The molecule has 1 aliphatic carbocycles. The molecule has 1 heterocycles. The molecule has 8 heteroatoms. The number of phenolic OH excluding ortho intramolecular Hbond substituents is 1. The number of alkyl halides is 3. The Morgan fingerprint density at radius 3 is 2.68 bits per heavy atom. The lowest BCUT2D eigenvalue weighted by Crippen LogP contribution is -2.61. The highest BCUT2D eigenvalue weighted by Crippen LogP contribution is 2.49. The van der Waals surface area contributed by atoms with Crippen LogP contribution < -0.4 is 0 Å². The number of halogens is 3. The van der Waals surface area contributed by atoms with E-state index in [1.807, 2.05) is 0 Å². The summed E-state index contributed by atoms with van der Waals surface area (Å²) in [4.78, 5) is 12.7. The molecule has 0 unspecified atom stereocenters. The van der Waals surface area contributed by atoms with Crippen molar-refractivity contribution in [3.05, 3.63) is 29.3 Å². The summed E-state index contributed by atoms with van der Waals surface area (Å²) in [6.45, 7) is 3.26. The fourth-order valence-corrected chi connectivity index (χ4v) is 3.65. The number of rotatable bonds is 1. The molecular weight excluding hydrogens is 337 g/mol. The zero-order valence-electron chi connectivity index (χ0n) is 13.8. The monoisotopic (exact) mass is 356 g/mol. The summed E-state index contributed by atoms with van der Waals surface area (Å²) >= 11 is 0. The van der Waals surface area contributed by atoms with E-state index in [1.165, 1.54) is 25.1 Å². The molecule has 1 aromatic carbocycles. The topological polar surface area (TPSA) is 73.1 Å². The first kappa shape index (κ1) is 17.7. The maximum absolute atomic E-state index is 13.8. The third kappa shape index (κ3) is 2.50. The molecule has 1 fully saturated rings. The van der Waals surface area contributed by atoms with Gasteiger partial charge in [0.2, 0.25) is 0 Å². The Morgan fingerprint density at radius 2 is 2.04 bits per heavy atom. The van der Waals surface area contributed by atoms with Crippen molar-refractivity contribution in [2.45, 2.75) is 45.0 Å². The number of para-hydroxylation sites is 1. The van der Waals surface area contributed by atoms with Crippen LogP contribution in [0.15, 0.2) is 23.3 Å². The normalized spacial score (nSPS) is 29.4. The van der Waals surface area contributed by atoms with Crippen molar-refractivity contribution in [1.29, 1.82) is 0 Å². The average molecular weight is 356 g/mol. The van der Waals surface area contributed by atoms with Gasteiger partial charge in [-0.1, -0.05) is 25.5 Å². The van der Waals surface area contributed by atoms with Gasteiger partial charge in [-0.15, -0.1) is 0 Å². The van der Waals surface area contributed by atoms with Crippen LogP contribution in [0.5, 0.6) is 5.75 Å². The van der Waals surface area contributed by atoms with Crippen molar-refractivity contribution in [3.63, 3.8) is 0 Å². The van der Waals surface area contributed by atoms with E-state index in [9.17, 15) is 28.2 Å². The van der Waals surface area contributed by atoms with Crippen molar-refractivity contribution in [2.75, 3.05) is 0 Å². The van der Waals surface area contributed by atoms with Crippen molar-refractivity contribution < 1.29 is 28.2 Å². The third-order valence-electron chi connectivity index (χ3n) is 5.09. The Kier molecular flexibility index (Phi) is 4.06. The zero-order valence-corrected chi connectivity index (χ0v) is 13.8. The first-order valence-corrected chi connectivity index (χ1v) is 8.09. The van der Waals surface area contributed by atoms with Crippen LogP contribution in [0.2, 0.25) is 0 Å². The first-order chi connectivity index (χ1) is 11.6.